The van der Waals surface area contributed by atoms with Gasteiger partial charge in [-0.25, -0.2) is 0 Å². The van der Waals surface area contributed by atoms with Gasteiger partial charge in [-0.05, 0) is 51.9 Å². The van der Waals surface area contributed by atoms with Crippen LogP contribution >= 0.6 is 24.0 Å². The minimum absolute atomic E-state index is 0. The predicted octanol–water partition coefficient (Wildman–Crippen LogP) is 4.73. The quantitative estimate of drug-likeness (QED) is 0.292. The molecule has 0 heterocycles. The van der Waals surface area contributed by atoms with Gasteiger partial charge in [0.15, 0.2) is 5.96 Å². The van der Waals surface area contributed by atoms with Gasteiger partial charge >= 0.3 is 6.18 Å². The topological polar surface area (TPSA) is 45.7 Å². The second-order valence-electron chi connectivity index (χ2n) is 7.02. The van der Waals surface area contributed by atoms with Gasteiger partial charge in [-0.2, -0.15) is 13.2 Å². The molecule has 0 spiro atoms. The normalized spacial score (nSPS) is 22.7. The Labute approximate surface area is 173 Å². The summed E-state index contributed by atoms with van der Waals surface area (Å²) in [6.45, 7) is 10.3. The largest absolute Gasteiger partial charge is 0.391 e. The first-order valence-electron chi connectivity index (χ1n) is 9.51. The molecule has 26 heavy (non-hydrogen) atoms. The Morgan fingerprint density at radius 1 is 1.15 bits per heavy atom. The van der Waals surface area contributed by atoms with Crippen LogP contribution in [0.2, 0.25) is 0 Å². The van der Waals surface area contributed by atoms with Gasteiger partial charge in [0.25, 0.3) is 0 Å². The van der Waals surface area contributed by atoms with E-state index < -0.39 is 12.1 Å². The minimum atomic E-state index is -4.06. The molecule has 0 aromatic rings. The monoisotopic (exact) mass is 493 g/mol. The highest BCUT2D eigenvalue weighted by Gasteiger charge is 2.41. The van der Waals surface area contributed by atoms with E-state index in [4.69, 9.17) is 4.74 Å². The average Bonchev–Trinajstić information content (AvgIpc) is 2.53. The van der Waals surface area contributed by atoms with Crippen molar-refractivity contribution in [1.29, 1.82) is 0 Å². The Morgan fingerprint density at radius 3 is 2.23 bits per heavy atom. The Hall–Kier alpha value is -0.250. The van der Waals surface area contributed by atoms with E-state index in [1.807, 2.05) is 13.8 Å². The number of halogens is 4. The zero-order valence-corrected chi connectivity index (χ0v) is 18.7. The Bertz CT molecular complexity index is 398. The molecule has 2 N–H and O–H groups in total. The summed E-state index contributed by atoms with van der Waals surface area (Å²) in [5, 5.41) is 6.48. The Morgan fingerprint density at radius 2 is 1.77 bits per heavy atom. The molecule has 1 aliphatic rings. The molecule has 0 amide bonds. The second kappa shape index (κ2) is 13.0. The fourth-order valence-electron chi connectivity index (χ4n) is 3.21. The van der Waals surface area contributed by atoms with Crippen LogP contribution in [0.1, 0.15) is 59.8 Å². The summed E-state index contributed by atoms with van der Waals surface area (Å²) in [5.74, 6) is -0.0247. The number of hydrogen-bond donors (Lipinski definition) is 2. The van der Waals surface area contributed by atoms with Gasteiger partial charge in [-0.3, -0.25) is 4.99 Å². The summed E-state index contributed by atoms with van der Waals surface area (Å²) in [7, 11) is 0. The number of ether oxygens (including phenoxy) is 1. The van der Waals surface area contributed by atoms with Crippen molar-refractivity contribution in [3.05, 3.63) is 0 Å². The van der Waals surface area contributed by atoms with Crippen LogP contribution in [0.5, 0.6) is 0 Å². The number of hydrogen-bond acceptors (Lipinski definition) is 2. The van der Waals surface area contributed by atoms with Crippen LogP contribution in [-0.2, 0) is 4.74 Å². The summed E-state index contributed by atoms with van der Waals surface area (Å²) in [4.78, 5) is 4.57. The Balaban J connectivity index is 0.00000625. The van der Waals surface area contributed by atoms with Crippen molar-refractivity contribution in [1.82, 2.24) is 10.6 Å². The zero-order valence-electron chi connectivity index (χ0n) is 16.4. The molecule has 4 nitrogen and oxygen atoms in total. The lowest BCUT2D eigenvalue weighted by Crippen LogP contribution is -2.46. The van der Waals surface area contributed by atoms with Gasteiger partial charge in [0.2, 0.25) is 0 Å². The van der Waals surface area contributed by atoms with E-state index in [1.165, 1.54) is 0 Å². The van der Waals surface area contributed by atoms with E-state index in [1.54, 1.807) is 0 Å². The number of rotatable bonds is 8. The first-order chi connectivity index (χ1) is 11.8. The number of nitrogens with zero attached hydrogens (tertiary/aromatic N) is 1. The van der Waals surface area contributed by atoms with Crippen LogP contribution in [0.3, 0.4) is 0 Å². The fraction of sp³-hybridized carbons (Fsp3) is 0.944. The molecular formula is C18H35F3IN3O. The lowest BCUT2D eigenvalue weighted by molar-refractivity contribution is -0.182. The van der Waals surface area contributed by atoms with Crippen LogP contribution in [0.25, 0.3) is 0 Å². The zero-order chi connectivity index (χ0) is 18.9. The van der Waals surface area contributed by atoms with Gasteiger partial charge in [0, 0.05) is 25.7 Å². The molecule has 1 rings (SSSR count). The van der Waals surface area contributed by atoms with Crippen LogP contribution in [-0.4, -0.2) is 44.0 Å². The van der Waals surface area contributed by atoms with Crippen LogP contribution < -0.4 is 10.6 Å². The van der Waals surface area contributed by atoms with Gasteiger partial charge < -0.3 is 15.4 Å². The third-order valence-corrected chi connectivity index (χ3v) is 4.68. The van der Waals surface area contributed by atoms with E-state index >= 15 is 0 Å². The maximum absolute atomic E-state index is 12.8. The molecule has 1 unspecified atom stereocenters. The SMILES string of the molecule is CCNC(=NCCC(OCC)C(C)C)NC1CCC(C(F)(F)F)CC1.I. The molecule has 156 valence electrons. The third kappa shape index (κ3) is 9.62. The van der Waals surface area contributed by atoms with Gasteiger partial charge in [0.1, 0.15) is 0 Å². The van der Waals surface area contributed by atoms with Crippen molar-refractivity contribution in [3.8, 4) is 0 Å². The fourth-order valence-corrected chi connectivity index (χ4v) is 3.21. The molecule has 0 bridgehead atoms. The molecule has 0 saturated heterocycles. The van der Waals surface area contributed by atoms with E-state index in [2.05, 4.69) is 29.5 Å². The number of alkyl halides is 3. The average molecular weight is 493 g/mol. The van der Waals surface area contributed by atoms with Crippen molar-refractivity contribution < 1.29 is 17.9 Å². The van der Waals surface area contributed by atoms with Crippen molar-refractivity contribution in [2.24, 2.45) is 16.8 Å². The van der Waals surface area contributed by atoms with Crippen LogP contribution in [0, 0.1) is 11.8 Å². The summed E-state index contributed by atoms with van der Waals surface area (Å²) in [5.41, 5.74) is 0. The first kappa shape index (κ1) is 25.8. The smallest absolute Gasteiger partial charge is 0.378 e. The predicted molar refractivity (Wildman–Crippen MR) is 111 cm³/mol. The highest BCUT2D eigenvalue weighted by molar-refractivity contribution is 14.0. The van der Waals surface area contributed by atoms with Gasteiger partial charge in [-0.15, -0.1) is 24.0 Å². The molecule has 0 aromatic carbocycles. The number of aliphatic imine (C=N–C) groups is 1. The summed E-state index contributed by atoms with van der Waals surface area (Å²) < 4.78 is 44.0. The molecule has 1 fully saturated rings. The summed E-state index contributed by atoms with van der Waals surface area (Å²) >= 11 is 0. The molecule has 1 aliphatic carbocycles. The molecule has 1 atom stereocenters. The van der Waals surface area contributed by atoms with Crippen LogP contribution in [0.4, 0.5) is 13.2 Å². The number of guanidine groups is 1. The lowest BCUT2D eigenvalue weighted by atomic mass is 9.85. The van der Waals surface area contributed by atoms with Crippen molar-refractivity contribution in [3.63, 3.8) is 0 Å². The molecule has 0 radical (unpaired) electrons. The third-order valence-electron chi connectivity index (χ3n) is 4.68. The summed E-state index contributed by atoms with van der Waals surface area (Å²) in [6.07, 6.45) is -1.60. The van der Waals surface area contributed by atoms with E-state index in [0.29, 0.717) is 37.9 Å². The van der Waals surface area contributed by atoms with E-state index in [-0.39, 0.29) is 49.0 Å². The minimum Gasteiger partial charge on any atom is -0.378 e. The molecular weight excluding hydrogens is 458 g/mol. The molecule has 0 aromatic heterocycles. The first-order valence-corrected chi connectivity index (χ1v) is 9.51. The van der Waals surface area contributed by atoms with Gasteiger partial charge in [0.05, 0.1) is 12.0 Å². The Kier molecular flexibility index (Phi) is 12.9. The maximum Gasteiger partial charge on any atom is 0.391 e. The van der Waals surface area contributed by atoms with Crippen molar-refractivity contribution >= 4 is 29.9 Å². The van der Waals surface area contributed by atoms with Crippen molar-refractivity contribution in [2.45, 2.75) is 78.1 Å². The van der Waals surface area contributed by atoms with E-state index in [0.717, 1.165) is 13.0 Å². The number of nitrogens with one attached hydrogen (secondary N) is 2. The highest BCUT2D eigenvalue weighted by Crippen LogP contribution is 2.37. The van der Waals surface area contributed by atoms with Crippen LogP contribution in [0.15, 0.2) is 4.99 Å². The maximum atomic E-state index is 12.8. The molecule has 0 aliphatic heterocycles. The standard InChI is InChI=1S/C18H34F3N3O.HI/c1-5-22-17(23-12-11-16(13(3)4)25-6-2)24-15-9-7-14(8-10-15)18(19,20)21;/h13-16H,5-12H2,1-4H3,(H2,22,23,24);1H. The van der Waals surface area contributed by atoms with Crippen molar-refractivity contribution in [2.75, 3.05) is 19.7 Å². The van der Waals surface area contributed by atoms with Gasteiger partial charge in [-0.1, -0.05) is 13.8 Å². The second-order valence-corrected chi connectivity index (χ2v) is 7.02. The summed E-state index contributed by atoms with van der Waals surface area (Å²) in [6, 6.07) is 0.0594. The highest BCUT2D eigenvalue weighted by atomic mass is 127. The lowest BCUT2D eigenvalue weighted by Gasteiger charge is -2.31. The van der Waals surface area contributed by atoms with E-state index in [9.17, 15) is 13.2 Å². The molecule has 8 heteroatoms. The molecule has 1 saturated carbocycles.